The van der Waals surface area contributed by atoms with Gasteiger partial charge in [-0.2, -0.15) is 5.10 Å². The number of carbonyl (C=O) groups is 1. The Balaban J connectivity index is 1.34. The molecule has 1 aliphatic carbocycles. The minimum atomic E-state index is -0.792. The number of hydrogen-bond donors (Lipinski definition) is 0. The van der Waals surface area contributed by atoms with Crippen molar-refractivity contribution in [3.63, 3.8) is 0 Å². The van der Waals surface area contributed by atoms with Gasteiger partial charge in [0, 0.05) is 36.3 Å². The van der Waals surface area contributed by atoms with Gasteiger partial charge in [-0.3, -0.25) is 0 Å². The lowest BCUT2D eigenvalue weighted by Gasteiger charge is -2.37. The van der Waals surface area contributed by atoms with Crippen LogP contribution in [0.3, 0.4) is 0 Å². The summed E-state index contributed by atoms with van der Waals surface area (Å²) in [5.41, 5.74) is 8.57. The fourth-order valence-corrected chi connectivity index (χ4v) is 8.24. The summed E-state index contributed by atoms with van der Waals surface area (Å²) in [6.45, 7) is 9.34. The number of pyridine rings is 1. The molecule has 2 atom stereocenters. The summed E-state index contributed by atoms with van der Waals surface area (Å²) in [6.07, 6.45) is 4.86. The van der Waals surface area contributed by atoms with Crippen LogP contribution in [0, 0.1) is 18.8 Å². The fraction of sp³-hybridized carbons (Fsp3) is 0.267. The van der Waals surface area contributed by atoms with E-state index in [1.54, 1.807) is 13.3 Å². The molecular formula is C45H44N4O3. The minimum Gasteiger partial charge on any atom is -0.481 e. The number of nitrogens with zero attached hydrogens (tertiary/aromatic N) is 4. The highest BCUT2D eigenvalue weighted by molar-refractivity contribution is 5.97. The molecule has 6 aromatic rings. The Morgan fingerprint density at radius 3 is 1.98 bits per heavy atom. The van der Waals surface area contributed by atoms with E-state index in [-0.39, 0.29) is 6.09 Å². The highest BCUT2D eigenvalue weighted by Crippen LogP contribution is 2.47. The number of allylic oxidation sites excluding steroid dienone is 1. The van der Waals surface area contributed by atoms with Gasteiger partial charge in [0.2, 0.25) is 5.88 Å². The summed E-state index contributed by atoms with van der Waals surface area (Å²) in [5, 5.41) is 6.67. The van der Waals surface area contributed by atoms with Gasteiger partial charge < -0.3 is 14.4 Å². The molecule has 2 aromatic heterocycles. The van der Waals surface area contributed by atoms with E-state index in [1.807, 2.05) is 37.8 Å². The van der Waals surface area contributed by atoms with Crippen LogP contribution < -0.4 is 4.74 Å². The average Bonchev–Trinajstić information content (AvgIpc) is 3.85. The van der Waals surface area contributed by atoms with E-state index < -0.39 is 11.1 Å². The third-order valence-corrected chi connectivity index (χ3v) is 10.5. The molecule has 1 fully saturated rings. The Bertz CT molecular complexity index is 2180. The van der Waals surface area contributed by atoms with Crippen LogP contribution in [0.4, 0.5) is 4.79 Å². The fourth-order valence-electron chi connectivity index (χ4n) is 8.24. The second-order valence-corrected chi connectivity index (χ2v) is 15.0. The van der Waals surface area contributed by atoms with E-state index >= 15 is 0 Å². The molecule has 1 amide bonds. The Morgan fingerprint density at radius 2 is 1.42 bits per heavy atom. The number of aromatic nitrogens is 3. The second-order valence-electron chi connectivity index (χ2n) is 15.0. The molecule has 0 N–H and O–H groups in total. The van der Waals surface area contributed by atoms with Crippen LogP contribution in [0.15, 0.2) is 128 Å². The lowest BCUT2D eigenvalue weighted by molar-refractivity contribution is 0.0285. The maximum absolute atomic E-state index is 12.9. The van der Waals surface area contributed by atoms with E-state index in [2.05, 4.69) is 126 Å². The van der Waals surface area contributed by atoms with Crippen LogP contribution in [0.5, 0.6) is 5.88 Å². The molecule has 0 bridgehead atoms. The highest BCUT2D eigenvalue weighted by atomic mass is 16.6. The highest BCUT2D eigenvalue weighted by Gasteiger charge is 2.42. The normalized spacial score (nSPS) is 17.2. The van der Waals surface area contributed by atoms with Crippen molar-refractivity contribution in [3.8, 4) is 17.1 Å². The van der Waals surface area contributed by atoms with Crippen molar-refractivity contribution >= 4 is 22.6 Å². The van der Waals surface area contributed by atoms with Crippen LogP contribution in [0.1, 0.15) is 55.0 Å². The van der Waals surface area contributed by atoms with Crippen molar-refractivity contribution in [3.05, 3.63) is 155 Å². The third kappa shape index (κ3) is 5.84. The van der Waals surface area contributed by atoms with Gasteiger partial charge in [-0.15, -0.1) is 0 Å². The van der Waals surface area contributed by atoms with Crippen molar-refractivity contribution in [2.45, 2.75) is 45.3 Å². The number of rotatable bonds is 7. The molecule has 0 radical (unpaired) electrons. The largest absolute Gasteiger partial charge is 0.481 e. The second kappa shape index (κ2) is 13.1. The van der Waals surface area contributed by atoms with Crippen LogP contribution in [-0.2, 0) is 10.3 Å². The molecule has 1 aliphatic heterocycles. The maximum Gasteiger partial charge on any atom is 0.410 e. The summed E-state index contributed by atoms with van der Waals surface area (Å²) in [6, 6.07) is 40.6. The van der Waals surface area contributed by atoms with Gasteiger partial charge >= 0.3 is 6.09 Å². The number of aryl methyl sites for hydroxylation is 1. The van der Waals surface area contributed by atoms with Gasteiger partial charge in [0.25, 0.3) is 0 Å². The number of carbonyl (C=O) groups excluding carboxylic acids is 1. The Hall–Kier alpha value is -5.69. The molecule has 0 spiro atoms. The molecule has 262 valence electrons. The first-order valence-corrected chi connectivity index (χ1v) is 18.1. The average molecular weight is 689 g/mol. The maximum atomic E-state index is 12.9. The van der Waals surface area contributed by atoms with E-state index in [0.717, 1.165) is 45.3 Å². The lowest BCUT2D eigenvalue weighted by atomic mass is 9.77. The van der Waals surface area contributed by atoms with E-state index in [9.17, 15) is 4.79 Å². The van der Waals surface area contributed by atoms with Crippen molar-refractivity contribution in [1.29, 1.82) is 0 Å². The molecule has 0 saturated carbocycles. The molecule has 4 aromatic carbocycles. The van der Waals surface area contributed by atoms with Gasteiger partial charge in [0.1, 0.15) is 16.8 Å². The summed E-state index contributed by atoms with van der Waals surface area (Å²) in [4.78, 5) is 19.2. The minimum absolute atomic E-state index is 0.224. The smallest absolute Gasteiger partial charge is 0.410 e. The van der Waals surface area contributed by atoms with Crippen LogP contribution >= 0.6 is 0 Å². The van der Waals surface area contributed by atoms with Gasteiger partial charge in [0.15, 0.2) is 0 Å². The number of amides is 1. The zero-order valence-corrected chi connectivity index (χ0v) is 30.4. The van der Waals surface area contributed by atoms with Crippen LogP contribution in [-0.4, -0.2) is 51.6 Å². The van der Waals surface area contributed by atoms with Crippen molar-refractivity contribution < 1.29 is 14.3 Å². The van der Waals surface area contributed by atoms with Gasteiger partial charge in [0.05, 0.1) is 12.6 Å². The lowest BCUT2D eigenvalue weighted by Crippen LogP contribution is -2.38. The summed E-state index contributed by atoms with van der Waals surface area (Å²) in [5.74, 6) is 1.20. The predicted molar refractivity (Wildman–Crippen MR) is 206 cm³/mol. The Morgan fingerprint density at radius 1 is 0.808 bits per heavy atom. The molecule has 7 heteroatoms. The van der Waals surface area contributed by atoms with Crippen molar-refractivity contribution in [2.75, 3.05) is 20.2 Å². The molecule has 52 heavy (non-hydrogen) atoms. The number of methoxy groups -OCH3 is 1. The third-order valence-electron chi connectivity index (χ3n) is 10.5. The van der Waals surface area contributed by atoms with Crippen molar-refractivity contribution in [2.24, 2.45) is 11.8 Å². The molecular weight excluding hydrogens is 645 g/mol. The van der Waals surface area contributed by atoms with Crippen LogP contribution in [0.2, 0.25) is 0 Å². The standard InChI is InChI=1S/C45H44N4O3/c1-30-23-40-39(27-38(30)32-24-33-28-48(29-34(33)25-32)43(50)52-44(2,3)4)42(31-21-22-46-41(26-31)51-5)47-49(40)45(35-15-9-6-10-16-35,36-17-11-7-12-18-36)37-19-13-8-14-20-37/h6-24,26-27,33-34H,25,28-29H2,1-5H3/t33-,34+/m1/s1. The van der Waals surface area contributed by atoms with E-state index in [4.69, 9.17) is 14.6 Å². The first-order valence-electron chi connectivity index (χ1n) is 18.1. The summed E-state index contributed by atoms with van der Waals surface area (Å²) >= 11 is 0. The first kappa shape index (κ1) is 33.5. The van der Waals surface area contributed by atoms with Gasteiger partial charge in [-0.25, -0.2) is 14.5 Å². The van der Waals surface area contributed by atoms with Gasteiger partial charge in [-0.1, -0.05) is 97.1 Å². The quantitative estimate of drug-likeness (QED) is 0.156. The number of likely N-dealkylation sites (tertiary alicyclic amines) is 1. The van der Waals surface area contributed by atoms with E-state index in [0.29, 0.717) is 30.8 Å². The molecule has 1 saturated heterocycles. The number of ether oxygens (including phenoxy) is 2. The zero-order chi connectivity index (χ0) is 36.0. The molecule has 8 rings (SSSR count). The molecule has 0 unspecified atom stereocenters. The topological polar surface area (TPSA) is 69.5 Å². The molecule has 2 aliphatic rings. The summed E-state index contributed by atoms with van der Waals surface area (Å²) < 4.78 is 13.5. The van der Waals surface area contributed by atoms with Gasteiger partial charge in [-0.05, 0) is 97.5 Å². The SMILES string of the molecule is COc1cc(-c2nn(C(c3ccccc3)(c3ccccc3)c3ccccc3)c3cc(C)c(C4=C[C@@H]5CN(C(=O)OC(C)(C)C)C[C@@H]5C4)cc23)ccn1. The summed E-state index contributed by atoms with van der Waals surface area (Å²) in [7, 11) is 1.64. The Kier molecular flexibility index (Phi) is 8.45. The Labute approximate surface area is 305 Å². The molecule has 7 nitrogen and oxygen atoms in total. The van der Waals surface area contributed by atoms with E-state index in [1.165, 1.54) is 16.7 Å². The zero-order valence-electron chi connectivity index (χ0n) is 30.4. The number of benzene rings is 4. The predicted octanol–water partition coefficient (Wildman–Crippen LogP) is 9.53. The van der Waals surface area contributed by atoms with Crippen molar-refractivity contribution in [1.82, 2.24) is 19.7 Å². The monoisotopic (exact) mass is 688 g/mol. The number of hydrogen-bond acceptors (Lipinski definition) is 5. The van der Waals surface area contributed by atoms with Crippen LogP contribution in [0.25, 0.3) is 27.7 Å². The number of fused-ring (bicyclic) bond motifs is 2. The molecule has 3 heterocycles. The first-order chi connectivity index (χ1) is 25.2.